The maximum absolute atomic E-state index is 12.2. The lowest BCUT2D eigenvalue weighted by Crippen LogP contribution is -2.53. The van der Waals surface area contributed by atoms with Gasteiger partial charge in [0.05, 0.1) is 0 Å². The Hall–Kier alpha value is -1.39. The second kappa shape index (κ2) is 8.15. The van der Waals surface area contributed by atoms with Crippen LogP contribution in [0.15, 0.2) is 30.3 Å². The average molecular weight is 289 g/mol. The number of nitrogens with one attached hydrogen (secondary N) is 1. The summed E-state index contributed by atoms with van der Waals surface area (Å²) in [7, 11) is 1.93. The fourth-order valence-corrected chi connectivity index (χ4v) is 2.95. The molecule has 0 radical (unpaired) electrons. The quantitative estimate of drug-likeness (QED) is 0.810. The number of piperazine rings is 1. The zero-order chi connectivity index (χ0) is 15.1. The molecule has 1 saturated heterocycles. The van der Waals surface area contributed by atoms with E-state index in [0.29, 0.717) is 18.4 Å². The first-order chi connectivity index (χ1) is 10.2. The lowest BCUT2D eigenvalue weighted by Gasteiger charge is -2.40. The third kappa shape index (κ3) is 4.83. The predicted molar refractivity (Wildman–Crippen MR) is 86.1 cm³/mol. The van der Waals surface area contributed by atoms with E-state index >= 15 is 0 Å². The molecule has 0 spiro atoms. The summed E-state index contributed by atoms with van der Waals surface area (Å²) in [5.74, 6) is 0.303. The first kappa shape index (κ1) is 16.0. The topological polar surface area (TPSA) is 35.6 Å². The van der Waals surface area contributed by atoms with Crippen molar-refractivity contribution in [3.63, 3.8) is 0 Å². The van der Waals surface area contributed by atoms with Crippen LogP contribution in [0.4, 0.5) is 0 Å². The minimum atomic E-state index is 0.303. The molecule has 1 aliphatic heterocycles. The summed E-state index contributed by atoms with van der Waals surface area (Å²) in [5.41, 5.74) is 1.35. The first-order valence-electron chi connectivity index (χ1n) is 7.91. The summed E-state index contributed by atoms with van der Waals surface area (Å²) in [6.07, 6.45) is 1.58. The summed E-state index contributed by atoms with van der Waals surface area (Å²) in [6, 6.07) is 10.9. The van der Waals surface area contributed by atoms with Gasteiger partial charge in [0.2, 0.25) is 5.91 Å². The third-order valence-electron chi connectivity index (χ3n) is 4.10. The molecule has 0 bridgehead atoms. The predicted octanol–water partition coefficient (Wildman–Crippen LogP) is 1.72. The molecular weight excluding hydrogens is 262 g/mol. The molecule has 2 rings (SSSR count). The van der Waals surface area contributed by atoms with Crippen molar-refractivity contribution in [2.45, 2.75) is 32.4 Å². The number of benzene rings is 1. The van der Waals surface area contributed by atoms with Crippen LogP contribution in [0.2, 0.25) is 0 Å². The smallest absolute Gasteiger partial charge is 0.222 e. The number of hydrogen-bond acceptors (Lipinski definition) is 3. The van der Waals surface area contributed by atoms with Gasteiger partial charge >= 0.3 is 0 Å². The van der Waals surface area contributed by atoms with Crippen molar-refractivity contribution in [2.75, 3.05) is 33.2 Å². The van der Waals surface area contributed by atoms with Gasteiger partial charge in [-0.15, -0.1) is 0 Å². The fraction of sp³-hybridized carbons (Fsp3) is 0.588. The van der Waals surface area contributed by atoms with Gasteiger partial charge < -0.3 is 10.2 Å². The van der Waals surface area contributed by atoms with Crippen molar-refractivity contribution in [3.05, 3.63) is 35.9 Å². The van der Waals surface area contributed by atoms with Crippen LogP contribution in [0.3, 0.4) is 0 Å². The molecule has 1 heterocycles. The highest BCUT2D eigenvalue weighted by Crippen LogP contribution is 2.14. The Morgan fingerprint density at radius 2 is 2.05 bits per heavy atom. The van der Waals surface area contributed by atoms with E-state index in [9.17, 15) is 4.79 Å². The Labute approximate surface area is 128 Å². The molecule has 1 atom stereocenters. The highest BCUT2D eigenvalue weighted by atomic mass is 16.2. The molecule has 21 heavy (non-hydrogen) atoms. The van der Waals surface area contributed by atoms with Crippen LogP contribution in [0.5, 0.6) is 0 Å². The van der Waals surface area contributed by atoms with Crippen molar-refractivity contribution < 1.29 is 4.79 Å². The molecule has 1 aromatic rings. The molecule has 1 aromatic carbocycles. The maximum atomic E-state index is 12.2. The Morgan fingerprint density at radius 3 is 2.71 bits per heavy atom. The zero-order valence-electron chi connectivity index (χ0n) is 13.2. The third-order valence-corrected chi connectivity index (χ3v) is 4.10. The second-order valence-corrected chi connectivity index (χ2v) is 5.86. The fourth-order valence-electron chi connectivity index (χ4n) is 2.95. The monoisotopic (exact) mass is 289 g/mol. The highest BCUT2D eigenvalue weighted by Gasteiger charge is 2.26. The molecule has 1 N–H and O–H groups in total. The van der Waals surface area contributed by atoms with Gasteiger partial charge in [-0.2, -0.15) is 0 Å². The van der Waals surface area contributed by atoms with E-state index in [1.54, 1.807) is 0 Å². The zero-order valence-corrected chi connectivity index (χ0v) is 13.2. The van der Waals surface area contributed by atoms with Gasteiger partial charge in [-0.25, -0.2) is 0 Å². The second-order valence-electron chi connectivity index (χ2n) is 5.86. The minimum absolute atomic E-state index is 0.303. The largest absolute Gasteiger partial charge is 0.337 e. The van der Waals surface area contributed by atoms with E-state index < -0.39 is 0 Å². The van der Waals surface area contributed by atoms with Crippen LogP contribution in [0.25, 0.3) is 0 Å². The van der Waals surface area contributed by atoms with Crippen LogP contribution in [0, 0.1) is 0 Å². The standard InChI is InChI=1S/C17H27N3O/c1-15-13-19(14-16-7-4-3-5-8-16)11-12-20(15)17(21)9-6-10-18-2/h3-5,7-8,15,18H,6,9-14H2,1-2H3. The molecule has 4 heteroatoms. The number of hydrogen-bond donors (Lipinski definition) is 1. The lowest BCUT2D eigenvalue weighted by atomic mass is 10.1. The molecule has 0 aliphatic carbocycles. The Kier molecular flexibility index (Phi) is 6.21. The first-order valence-corrected chi connectivity index (χ1v) is 7.91. The van der Waals surface area contributed by atoms with E-state index in [1.807, 2.05) is 13.1 Å². The average Bonchev–Trinajstić information content (AvgIpc) is 2.48. The van der Waals surface area contributed by atoms with Crippen molar-refractivity contribution in [1.82, 2.24) is 15.1 Å². The molecule has 1 unspecified atom stereocenters. The summed E-state index contributed by atoms with van der Waals surface area (Å²) in [4.78, 5) is 16.7. The van der Waals surface area contributed by atoms with E-state index in [1.165, 1.54) is 5.56 Å². The van der Waals surface area contributed by atoms with Crippen molar-refractivity contribution in [2.24, 2.45) is 0 Å². The van der Waals surface area contributed by atoms with Crippen LogP contribution in [-0.2, 0) is 11.3 Å². The summed E-state index contributed by atoms with van der Waals surface area (Å²) in [6.45, 7) is 6.84. The molecule has 0 aromatic heterocycles. The van der Waals surface area contributed by atoms with Gasteiger partial charge in [0.1, 0.15) is 0 Å². The Balaban J connectivity index is 1.80. The number of rotatable bonds is 6. The molecule has 116 valence electrons. The van der Waals surface area contributed by atoms with Crippen molar-refractivity contribution >= 4 is 5.91 Å². The number of amides is 1. The van der Waals surface area contributed by atoms with E-state index in [2.05, 4.69) is 46.3 Å². The SMILES string of the molecule is CNCCCC(=O)N1CCN(Cc2ccccc2)CC1C. The van der Waals surface area contributed by atoms with Crippen molar-refractivity contribution in [1.29, 1.82) is 0 Å². The van der Waals surface area contributed by atoms with Crippen LogP contribution >= 0.6 is 0 Å². The van der Waals surface area contributed by atoms with Gasteiger partial charge in [0, 0.05) is 38.6 Å². The number of carbonyl (C=O) groups excluding carboxylic acids is 1. The molecule has 1 aliphatic rings. The number of carbonyl (C=O) groups is 1. The molecule has 0 saturated carbocycles. The summed E-state index contributed by atoms with van der Waals surface area (Å²) >= 11 is 0. The van der Waals surface area contributed by atoms with E-state index in [-0.39, 0.29) is 0 Å². The summed E-state index contributed by atoms with van der Waals surface area (Å²) in [5, 5.41) is 3.09. The van der Waals surface area contributed by atoms with Crippen LogP contribution < -0.4 is 5.32 Å². The lowest BCUT2D eigenvalue weighted by molar-refractivity contribution is -0.135. The van der Waals surface area contributed by atoms with E-state index in [0.717, 1.165) is 39.1 Å². The van der Waals surface area contributed by atoms with Gasteiger partial charge in [-0.3, -0.25) is 9.69 Å². The minimum Gasteiger partial charge on any atom is -0.337 e. The molecule has 1 fully saturated rings. The molecular formula is C17H27N3O. The Morgan fingerprint density at radius 1 is 1.29 bits per heavy atom. The molecule has 1 amide bonds. The van der Waals surface area contributed by atoms with Gasteiger partial charge in [-0.1, -0.05) is 30.3 Å². The van der Waals surface area contributed by atoms with E-state index in [4.69, 9.17) is 0 Å². The molecule has 4 nitrogen and oxygen atoms in total. The highest BCUT2D eigenvalue weighted by molar-refractivity contribution is 5.76. The van der Waals surface area contributed by atoms with Gasteiger partial charge in [0.15, 0.2) is 0 Å². The Bertz CT molecular complexity index is 435. The normalized spacial score (nSPS) is 19.7. The maximum Gasteiger partial charge on any atom is 0.222 e. The summed E-state index contributed by atoms with van der Waals surface area (Å²) < 4.78 is 0. The van der Waals surface area contributed by atoms with Gasteiger partial charge in [-0.05, 0) is 32.5 Å². The van der Waals surface area contributed by atoms with Crippen LogP contribution in [-0.4, -0.2) is 55.0 Å². The number of nitrogens with zero attached hydrogens (tertiary/aromatic N) is 2. The van der Waals surface area contributed by atoms with Crippen LogP contribution in [0.1, 0.15) is 25.3 Å². The van der Waals surface area contributed by atoms with Crippen molar-refractivity contribution in [3.8, 4) is 0 Å². The van der Waals surface area contributed by atoms with Gasteiger partial charge in [0.25, 0.3) is 0 Å².